The van der Waals surface area contributed by atoms with E-state index < -0.39 is 11.6 Å². The Morgan fingerprint density at radius 2 is 1.93 bits per heavy atom. The Morgan fingerprint density at radius 3 is 2.67 bits per heavy atom. The molecule has 1 spiro atoms. The number of carbonyl (C=O) groups is 1. The summed E-state index contributed by atoms with van der Waals surface area (Å²) in [5, 5.41) is 15.9. The second kappa shape index (κ2) is 5.78. The fourth-order valence-corrected chi connectivity index (χ4v) is 5.59. The van der Waals surface area contributed by atoms with Crippen molar-refractivity contribution in [1.29, 1.82) is 0 Å². The van der Waals surface area contributed by atoms with Gasteiger partial charge in [-0.2, -0.15) is 0 Å². The summed E-state index contributed by atoms with van der Waals surface area (Å²) in [7, 11) is 0. The first-order chi connectivity index (χ1) is 13.0. The molecule has 0 aromatic heterocycles. The van der Waals surface area contributed by atoms with Crippen molar-refractivity contribution in [2.24, 2.45) is 0 Å². The minimum Gasteiger partial charge on any atom is -0.324 e. The van der Waals surface area contributed by atoms with Gasteiger partial charge in [0.15, 0.2) is 5.54 Å². The summed E-state index contributed by atoms with van der Waals surface area (Å²) < 4.78 is 0. The number of benzene rings is 2. The monoisotopic (exact) mass is 383 g/mol. The first kappa shape index (κ1) is 16.7. The van der Waals surface area contributed by atoms with E-state index in [-0.39, 0.29) is 22.8 Å². The maximum absolute atomic E-state index is 13.3. The van der Waals surface area contributed by atoms with E-state index in [2.05, 4.69) is 10.2 Å². The van der Waals surface area contributed by atoms with Crippen LogP contribution in [0.5, 0.6) is 0 Å². The topological polar surface area (TPSA) is 75.5 Å². The van der Waals surface area contributed by atoms with Crippen molar-refractivity contribution < 1.29 is 9.72 Å². The van der Waals surface area contributed by atoms with Crippen molar-refractivity contribution in [3.05, 3.63) is 74.8 Å². The number of rotatable bonds is 2. The van der Waals surface area contributed by atoms with Gasteiger partial charge in [-0.05, 0) is 36.6 Å². The number of amides is 1. The molecule has 2 aromatic rings. The van der Waals surface area contributed by atoms with Gasteiger partial charge in [0.1, 0.15) is 0 Å². The molecule has 3 aliphatic heterocycles. The Balaban J connectivity index is 1.76. The summed E-state index contributed by atoms with van der Waals surface area (Å²) in [6.07, 6.45) is 1.77. The number of fused-ring (bicyclic) bond motifs is 4. The molecular weight excluding hydrogens is 366 g/mol. The van der Waals surface area contributed by atoms with Gasteiger partial charge >= 0.3 is 0 Å². The molecule has 138 valence electrons. The van der Waals surface area contributed by atoms with E-state index in [4.69, 9.17) is 11.6 Å². The van der Waals surface area contributed by atoms with Crippen LogP contribution in [-0.2, 0) is 10.3 Å². The summed E-state index contributed by atoms with van der Waals surface area (Å²) in [5.41, 5.74) is 1.01. The van der Waals surface area contributed by atoms with Gasteiger partial charge in [0.05, 0.1) is 5.92 Å². The minimum atomic E-state index is -1.26. The second-order valence-electron chi connectivity index (χ2n) is 7.48. The summed E-state index contributed by atoms with van der Waals surface area (Å²) >= 11 is 6.03. The highest BCUT2D eigenvalue weighted by molar-refractivity contribution is 6.30. The average Bonchev–Trinajstić information content (AvgIpc) is 3.30. The number of anilines is 1. The van der Waals surface area contributed by atoms with Crippen LogP contribution < -0.4 is 5.32 Å². The average molecular weight is 384 g/mol. The van der Waals surface area contributed by atoms with Gasteiger partial charge in [-0.25, -0.2) is 0 Å². The van der Waals surface area contributed by atoms with Crippen LogP contribution >= 0.6 is 11.6 Å². The molecule has 2 aromatic carbocycles. The molecule has 1 N–H and O–H groups in total. The van der Waals surface area contributed by atoms with Crippen molar-refractivity contribution in [2.75, 3.05) is 11.9 Å². The van der Waals surface area contributed by atoms with Crippen molar-refractivity contribution >= 4 is 23.2 Å². The quantitative estimate of drug-likeness (QED) is 0.637. The molecule has 0 bridgehead atoms. The van der Waals surface area contributed by atoms with E-state index in [1.165, 1.54) is 0 Å². The molecule has 27 heavy (non-hydrogen) atoms. The molecule has 4 atom stereocenters. The second-order valence-corrected chi connectivity index (χ2v) is 7.91. The highest BCUT2D eigenvalue weighted by Gasteiger charge is 2.73. The maximum Gasteiger partial charge on any atom is 0.256 e. The van der Waals surface area contributed by atoms with Gasteiger partial charge in [-0.1, -0.05) is 41.9 Å². The predicted molar refractivity (Wildman–Crippen MR) is 101 cm³/mol. The largest absolute Gasteiger partial charge is 0.324 e. The number of nitrogens with one attached hydrogen (secondary N) is 1. The van der Waals surface area contributed by atoms with Crippen molar-refractivity contribution in [2.45, 2.75) is 36.4 Å². The lowest BCUT2D eigenvalue weighted by Gasteiger charge is -2.32. The number of halogens is 1. The van der Waals surface area contributed by atoms with Crippen LogP contribution in [0, 0.1) is 10.1 Å². The molecule has 0 unspecified atom stereocenters. The van der Waals surface area contributed by atoms with Crippen molar-refractivity contribution in [3.63, 3.8) is 0 Å². The Hall–Kier alpha value is -2.44. The summed E-state index contributed by atoms with van der Waals surface area (Å²) in [6, 6.07) is 13.5. The molecule has 7 heteroatoms. The van der Waals surface area contributed by atoms with Gasteiger partial charge in [0, 0.05) is 33.8 Å². The van der Waals surface area contributed by atoms with E-state index >= 15 is 0 Å². The Labute approximate surface area is 161 Å². The van der Waals surface area contributed by atoms with Crippen LogP contribution in [0.4, 0.5) is 5.69 Å². The zero-order chi connectivity index (χ0) is 18.8. The van der Waals surface area contributed by atoms with E-state index in [9.17, 15) is 14.9 Å². The van der Waals surface area contributed by atoms with Gasteiger partial charge < -0.3 is 5.32 Å². The molecule has 2 fully saturated rings. The molecule has 1 amide bonds. The molecule has 0 radical (unpaired) electrons. The Kier molecular flexibility index (Phi) is 3.58. The number of carbonyl (C=O) groups excluding carboxylic acids is 1. The zero-order valence-electron chi connectivity index (χ0n) is 14.5. The van der Waals surface area contributed by atoms with Gasteiger partial charge in [-0.15, -0.1) is 0 Å². The summed E-state index contributed by atoms with van der Waals surface area (Å²) in [6.45, 7) is 0.681. The van der Waals surface area contributed by atoms with Crippen LogP contribution in [0.1, 0.15) is 29.9 Å². The van der Waals surface area contributed by atoms with Crippen molar-refractivity contribution in [1.82, 2.24) is 4.90 Å². The number of nitrogens with zero attached hydrogens (tertiary/aromatic N) is 2. The third kappa shape index (κ3) is 2.08. The number of nitro groups is 1. The van der Waals surface area contributed by atoms with Gasteiger partial charge in [-0.3, -0.25) is 19.8 Å². The standard InChI is InChI=1S/C20H18ClN3O3/c21-13-9-7-12(8-10-13)17-16-6-3-11-23(16)20(18(17)24(26)27)14-4-1-2-5-15(14)22-19(20)25/h1-2,4-5,7-10,16-18H,3,6,11H2,(H,22,25)/t16-,17-,18+,20-/m0/s1. The highest BCUT2D eigenvalue weighted by Crippen LogP contribution is 2.57. The van der Waals surface area contributed by atoms with E-state index in [0.29, 0.717) is 17.3 Å². The molecule has 6 nitrogen and oxygen atoms in total. The minimum absolute atomic E-state index is 0.0431. The molecule has 0 saturated carbocycles. The normalized spacial score (nSPS) is 31.7. The van der Waals surface area contributed by atoms with E-state index in [0.717, 1.165) is 24.0 Å². The van der Waals surface area contributed by atoms with Crippen LogP contribution in [0.25, 0.3) is 0 Å². The lowest BCUT2D eigenvalue weighted by atomic mass is 9.77. The smallest absolute Gasteiger partial charge is 0.256 e. The predicted octanol–water partition coefficient (Wildman–Crippen LogP) is 3.39. The van der Waals surface area contributed by atoms with Gasteiger partial charge in [0.2, 0.25) is 0 Å². The molecule has 5 rings (SSSR count). The molecule has 0 aliphatic carbocycles. The van der Waals surface area contributed by atoms with E-state index in [1.54, 1.807) is 12.1 Å². The van der Waals surface area contributed by atoms with Crippen LogP contribution in [0.15, 0.2) is 48.5 Å². The van der Waals surface area contributed by atoms with Gasteiger partial charge in [0.25, 0.3) is 11.9 Å². The first-order valence-corrected chi connectivity index (χ1v) is 9.49. The Bertz CT molecular complexity index is 948. The fraction of sp³-hybridized carbons (Fsp3) is 0.350. The maximum atomic E-state index is 13.3. The lowest BCUT2D eigenvalue weighted by molar-refractivity contribution is -0.534. The first-order valence-electron chi connectivity index (χ1n) is 9.12. The Morgan fingerprint density at radius 1 is 1.19 bits per heavy atom. The van der Waals surface area contributed by atoms with Crippen LogP contribution in [0.2, 0.25) is 5.02 Å². The fourth-order valence-electron chi connectivity index (χ4n) is 5.46. The highest BCUT2D eigenvalue weighted by atomic mass is 35.5. The number of hydrogen-bond acceptors (Lipinski definition) is 4. The molecule has 2 saturated heterocycles. The van der Waals surface area contributed by atoms with Crippen molar-refractivity contribution in [3.8, 4) is 0 Å². The summed E-state index contributed by atoms with van der Waals surface area (Å²) in [5.74, 6) is -0.648. The molecular formula is C20H18ClN3O3. The van der Waals surface area contributed by atoms with Crippen LogP contribution in [-0.4, -0.2) is 34.4 Å². The SMILES string of the molecule is O=C1Nc2ccccc2[C@]12[C@H]([N+](=O)[O-])[C@@H](c1ccc(Cl)cc1)[C@@H]1CCCN12. The van der Waals surface area contributed by atoms with Crippen LogP contribution in [0.3, 0.4) is 0 Å². The zero-order valence-corrected chi connectivity index (χ0v) is 15.2. The van der Waals surface area contributed by atoms with E-state index in [1.807, 2.05) is 36.4 Å². The number of hydrogen-bond donors (Lipinski definition) is 1. The molecule has 3 heterocycles. The third-order valence-corrected chi connectivity index (χ3v) is 6.60. The third-order valence-electron chi connectivity index (χ3n) is 6.35. The lowest BCUT2D eigenvalue weighted by Crippen LogP contribution is -2.55. The molecule has 3 aliphatic rings. The summed E-state index contributed by atoms with van der Waals surface area (Å²) in [4.78, 5) is 27.5. The number of para-hydroxylation sites is 1.